The molecule has 0 aliphatic heterocycles. The lowest BCUT2D eigenvalue weighted by Gasteiger charge is -2.26. The first-order valence-corrected chi connectivity index (χ1v) is 7.64. The topological polar surface area (TPSA) is 55.6 Å². The molecule has 0 fully saturated rings. The van der Waals surface area contributed by atoms with E-state index in [-0.39, 0.29) is 18.6 Å². The van der Waals surface area contributed by atoms with Gasteiger partial charge >= 0.3 is 0 Å². The SMILES string of the molecule is CCc1cccc(OCC(=O)N(CCC(N)=S)C(C)C)c1. The number of thiocarbonyl (C=S) groups is 1. The molecule has 0 heterocycles. The molecule has 1 rings (SSSR count). The number of carbonyl (C=O) groups is 1. The van der Waals surface area contributed by atoms with Crippen molar-refractivity contribution < 1.29 is 9.53 Å². The highest BCUT2D eigenvalue weighted by molar-refractivity contribution is 7.80. The molecule has 0 aromatic heterocycles. The summed E-state index contributed by atoms with van der Waals surface area (Å²) in [6, 6.07) is 7.89. The number of carbonyl (C=O) groups excluding carboxylic acids is 1. The normalized spacial score (nSPS) is 10.5. The van der Waals surface area contributed by atoms with Crippen molar-refractivity contribution in [1.82, 2.24) is 4.90 Å². The first kappa shape index (κ1) is 17.4. The summed E-state index contributed by atoms with van der Waals surface area (Å²) in [7, 11) is 0. The first-order valence-electron chi connectivity index (χ1n) is 7.23. The van der Waals surface area contributed by atoms with E-state index >= 15 is 0 Å². The Hall–Kier alpha value is -1.62. The minimum absolute atomic E-state index is 0.0304. The van der Waals surface area contributed by atoms with Crippen LogP contribution < -0.4 is 10.5 Å². The molecule has 21 heavy (non-hydrogen) atoms. The van der Waals surface area contributed by atoms with E-state index in [9.17, 15) is 4.79 Å². The maximum Gasteiger partial charge on any atom is 0.260 e. The van der Waals surface area contributed by atoms with Gasteiger partial charge in [-0.3, -0.25) is 4.79 Å². The Kier molecular flexibility index (Phi) is 7.15. The van der Waals surface area contributed by atoms with Crippen molar-refractivity contribution in [3.05, 3.63) is 29.8 Å². The van der Waals surface area contributed by atoms with Gasteiger partial charge in [0, 0.05) is 19.0 Å². The highest BCUT2D eigenvalue weighted by atomic mass is 32.1. The number of ether oxygens (including phenoxy) is 1. The summed E-state index contributed by atoms with van der Waals surface area (Å²) >= 11 is 4.86. The number of benzene rings is 1. The van der Waals surface area contributed by atoms with Crippen LogP contribution in [-0.2, 0) is 11.2 Å². The predicted octanol–water partition coefficient (Wildman–Crippen LogP) is 2.54. The summed E-state index contributed by atoms with van der Waals surface area (Å²) in [6.45, 7) is 6.58. The Labute approximate surface area is 132 Å². The van der Waals surface area contributed by atoms with E-state index in [0.29, 0.717) is 18.0 Å². The first-order chi connectivity index (χ1) is 9.93. The van der Waals surface area contributed by atoms with Gasteiger partial charge in [0.1, 0.15) is 5.75 Å². The van der Waals surface area contributed by atoms with E-state index in [0.717, 1.165) is 12.2 Å². The van der Waals surface area contributed by atoms with Crippen LogP contribution in [0.1, 0.15) is 32.8 Å². The van der Waals surface area contributed by atoms with Crippen LogP contribution in [0.4, 0.5) is 0 Å². The number of hydrogen-bond donors (Lipinski definition) is 1. The smallest absolute Gasteiger partial charge is 0.260 e. The monoisotopic (exact) mass is 308 g/mol. The average molecular weight is 308 g/mol. The van der Waals surface area contributed by atoms with Crippen LogP contribution in [0.2, 0.25) is 0 Å². The van der Waals surface area contributed by atoms with Crippen molar-refractivity contribution in [3.63, 3.8) is 0 Å². The number of nitrogens with two attached hydrogens (primary N) is 1. The molecule has 0 unspecified atom stereocenters. The standard InChI is InChI=1S/C16H24N2O2S/c1-4-13-6-5-7-14(10-13)20-11-16(19)18(12(2)3)9-8-15(17)21/h5-7,10,12H,4,8-9,11H2,1-3H3,(H2,17,21). The second kappa shape index (κ2) is 8.62. The average Bonchev–Trinajstić information content (AvgIpc) is 2.44. The fourth-order valence-corrected chi connectivity index (χ4v) is 2.08. The molecule has 0 bridgehead atoms. The molecule has 116 valence electrons. The number of nitrogens with zero attached hydrogens (tertiary/aromatic N) is 1. The lowest BCUT2D eigenvalue weighted by atomic mass is 10.2. The van der Waals surface area contributed by atoms with E-state index in [1.807, 2.05) is 38.1 Å². The van der Waals surface area contributed by atoms with Crippen LogP contribution in [0.25, 0.3) is 0 Å². The van der Waals surface area contributed by atoms with Crippen LogP contribution in [0.15, 0.2) is 24.3 Å². The van der Waals surface area contributed by atoms with Crippen LogP contribution in [-0.4, -0.2) is 35.0 Å². The van der Waals surface area contributed by atoms with Crippen molar-refractivity contribution in [2.75, 3.05) is 13.2 Å². The molecule has 0 radical (unpaired) electrons. The maximum absolute atomic E-state index is 12.2. The molecule has 4 nitrogen and oxygen atoms in total. The Balaban J connectivity index is 2.58. The molecule has 0 spiro atoms. The maximum atomic E-state index is 12.2. The van der Waals surface area contributed by atoms with Crippen LogP contribution in [0, 0.1) is 0 Å². The van der Waals surface area contributed by atoms with Gasteiger partial charge in [0.2, 0.25) is 0 Å². The molecule has 0 aliphatic rings. The molecule has 1 amide bonds. The van der Waals surface area contributed by atoms with E-state index < -0.39 is 0 Å². The predicted molar refractivity (Wildman–Crippen MR) is 89.6 cm³/mol. The minimum Gasteiger partial charge on any atom is -0.484 e. The van der Waals surface area contributed by atoms with Crippen molar-refractivity contribution in [1.29, 1.82) is 0 Å². The van der Waals surface area contributed by atoms with Gasteiger partial charge in [0.15, 0.2) is 6.61 Å². The van der Waals surface area contributed by atoms with Gasteiger partial charge in [-0.2, -0.15) is 0 Å². The third kappa shape index (κ3) is 6.12. The Morgan fingerprint density at radius 1 is 1.43 bits per heavy atom. The lowest BCUT2D eigenvalue weighted by molar-refractivity contribution is -0.134. The van der Waals surface area contributed by atoms with Crippen molar-refractivity contribution >= 4 is 23.1 Å². The van der Waals surface area contributed by atoms with E-state index in [1.54, 1.807) is 4.90 Å². The molecule has 1 aromatic carbocycles. The van der Waals surface area contributed by atoms with Crippen molar-refractivity contribution in [3.8, 4) is 5.75 Å². The van der Waals surface area contributed by atoms with Gasteiger partial charge in [0.05, 0.1) is 4.99 Å². The van der Waals surface area contributed by atoms with Gasteiger partial charge in [-0.25, -0.2) is 0 Å². The highest BCUT2D eigenvalue weighted by Crippen LogP contribution is 2.14. The second-order valence-electron chi connectivity index (χ2n) is 5.19. The van der Waals surface area contributed by atoms with Gasteiger partial charge in [-0.15, -0.1) is 0 Å². The second-order valence-corrected chi connectivity index (χ2v) is 5.71. The zero-order valence-corrected chi connectivity index (χ0v) is 13.8. The minimum atomic E-state index is -0.0526. The van der Waals surface area contributed by atoms with E-state index in [1.165, 1.54) is 5.56 Å². The van der Waals surface area contributed by atoms with E-state index in [2.05, 4.69) is 6.92 Å². The van der Waals surface area contributed by atoms with Gasteiger partial charge in [-0.05, 0) is 38.0 Å². The van der Waals surface area contributed by atoms with Gasteiger partial charge < -0.3 is 15.4 Å². The van der Waals surface area contributed by atoms with Gasteiger partial charge in [0.25, 0.3) is 5.91 Å². The van der Waals surface area contributed by atoms with Crippen LogP contribution in [0.5, 0.6) is 5.75 Å². The van der Waals surface area contributed by atoms with Crippen LogP contribution in [0.3, 0.4) is 0 Å². The Morgan fingerprint density at radius 3 is 2.71 bits per heavy atom. The zero-order chi connectivity index (χ0) is 15.8. The highest BCUT2D eigenvalue weighted by Gasteiger charge is 2.17. The molecule has 0 atom stereocenters. The summed E-state index contributed by atoms with van der Waals surface area (Å²) in [6.07, 6.45) is 1.47. The fourth-order valence-electron chi connectivity index (χ4n) is 1.98. The zero-order valence-electron chi connectivity index (χ0n) is 13.0. The molecule has 2 N–H and O–H groups in total. The molecule has 0 saturated carbocycles. The quantitative estimate of drug-likeness (QED) is 0.750. The summed E-state index contributed by atoms with van der Waals surface area (Å²) in [4.78, 5) is 14.4. The van der Waals surface area contributed by atoms with E-state index in [4.69, 9.17) is 22.7 Å². The molecule has 5 heteroatoms. The third-order valence-electron chi connectivity index (χ3n) is 3.21. The fraction of sp³-hybridized carbons (Fsp3) is 0.500. The Morgan fingerprint density at radius 2 is 2.14 bits per heavy atom. The summed E-state index contributed by atoms with van der Waals surface area (Å²) in [5.74, 6) is 0.670. The molecular formula is C16H24N2O2S. The number of rotatable bonds is 8. The number of amides is 1. The number of aryl methyl sites for hydroxylation is 1. The van der Waals surface area contributed by atoms with Crippen molar-refractivity contribution in [2.24, 2.45) is 5.73 Å². The summed E-state index contributed by atoms with van der Waals surface area (Å²) < 4.78 is 5.59. The molecular weight excluding hydrogens is 284 g/mol. The molecule has 0 aliphatic carbocycles. The molecule has 1 aromatic rings. The van der Waals surface area contributed by atoms with Crippen molar-refractivity contribution in [2.45, 2.75) is 39.7 Å². The third-order valence-corrected chi connectivity index (χ3v) is 3.42. The molecule has 0 saturated heterocycles. The number of hydrogen-bond acceptors (Lipinski definition) is 3. The summed E-state index contributed by atoms with van der Waals surface area (Å²) in [5, 5.41) is 0. The summed E-state index contributed by atoms with van der Waals surface area (Å²) in [5.41, 5.74) is 6.69. The van der Waals surface area contributed by atoms with Crippen LogP contribution >= 0.6 is 12.2 Å². The van der Waals surface area contributed by atoms with Gasteiger partial charge in [-0.1, -0.05) is 31.3 Å². The Bertz CT molecular complexity index is 489. The lowest BCUT2D eigenvalue weighted by Crippen LogP contribution is -2.41. The largest absolute Gasteiger partial charge is 0.484 e.